The average Bonchev–Trinajstić information content (AvgIpc) is 3.29. The fraction of sp³-hybridized carbons (Fsp3) is 0.552. The number of pyridine rings is 1. The maximum Gasteiger partial charge on any atom is 0.417 e. The molecule has 2 aromatic heterocycles. The number of benzene rings is 1. The molecule has 5 rings (SSSR count). The Hall–Kier alpha value is -3.58. The van der Waals surface area contributed by atoms with E-state index in [2.05, 4.69) is 14.9 Å². The van der Waals surface area contributed by atoms with Crippen molar-refractivity contribution >= 4 is 17.2 Å². The number of carbonyl (C=O) groups excluding carboxylic acids is 1. The van der Waals surface area contributed by atoms with Gasteiger partial charge in [-0.2, -0.15) is 13.2 Å². The van der Waals surface area contributed by atoms with E-state index in [1.165, 1.54) is 11.1 Å². The number of amides is 1. The third kappa shape index (κ3) is 6.89. The first kappa shape index (κ1) is 29.9. The highest BCUT2D eigenvalue weighted by molar-refractivity contribution is 5.78. The molecule has 0 saturated carbocycles. The van der Waals surface area contributed by atoms with Crippen LogP contribution < -0.4 is 10.5 Å². The zero-order valence-electron chi connectivity index (χ0n) is 24.2. The van der Waals surface area contributed by atoms with Gasteiger partial charge in [0.15, 0.2) is 5.58 Å². The van der Waals surface area contributed by atoms with E-state index >= 15 is 0 Å². The highest BCUT2D eigenvalue weighted by atomic mass is 19.4. The number of hydrogen-bond acceptors (Lipinski definition) is 8. The van der Waals surface area contributed by atoms with Crippen molar-refractivity contribution in [2.75, 3.05) is 45.9 Å². The smallest absolute Gasteiger partial charge is 0.417 e. The van der Waals surface area contributed by atoms with Crippen LogP contribution in [0, 0.1) is 0 Å². The molecule has 1 N–H and O–H groups in total. The van der Waals surface area contributed by atoms with Crippen molar-refractivity contribution in [2.24, 2.45) is 0 Å². The van der Waals surface area contributed by atoms with Gasteiger partial charge in [0.05, 0.1) is 30.0 Å². The van der Waals surface area contributed by atoms with Crippen LogP contribution in [-0.4, -0.2) is 94.5 Å². The molecule has 1 amide bonds. The highest BCUT2D eigenvalue weighted by Crippen LogP contribution is 2.41. The quantitative estimate of drug-likeness (QED) is 0.452. The second-order valence-electron chi connectivity index (χ2n) is 11.8. The van der Waals surface area contributed by atoms with E-state index in [9.17, 15) is 22.8 Å². The van der Waals surface area contributed by atoms with Gasteiger partial charge in [0.1, 0.15) is 18.0 Å². The number of ether oxygens (including phenoxy) is 2. The first-order valence-corrected chi connectivity index (χ1v) is 14.0. The molecule has 13 heteroatoms. The number of oxazole rings is 1. The van der Waals surface area contributed by atoms with Crippen molar-refractivity contribution in [3.05, 3.63) is 57.8 Å². The van der Waals surface area contributed by atoms with E-state index < -0.39 is 36.2 Å². The van der Waals surface area contributed by atoms with Gasteiger partial charge in [0.2, 0.25) is 0 Å². The minimum atomic E-state index is -4.41. The summed E-state index contributed by atoms with van der Waals surface area (Å²) >= 11 is 0. The van der Waals surface area contributed by atoms with Crippen LogP contribution in [0.15, 0.2) is 39.7 Å². The van der Waals surface area contributed by atoms with Gasteiger partial charge in [-0.1, -0.05) is 6.07 Å². The number of nitrogens with one attached hydrogen (secondary N) is 1. The fourth-order valence-corrected chi connectivity index (χ4v) is 5.59. The molecule has 2 aliphatic heterocycles. The van der Waals surface area contributed by atoms with Gasteiger partial charge in [-0.3, -0.25) is 19.8 Å². The van der Waals surface area contributed by atoms with Gasteiger partial charge in [-0.25, -0.2) is 9.59 Å². The monoisotopic (exact) mass is 591 g/mol. The molecule has 10 nitrogen and oxygen atoms in total. The molecule has 0 bridgehead atoms. The Bertz CT molecular complexity index is 1460. The molecule has 0 spiro atoms. The Balaban J connectivity index is 1.25. The molecule has 4 heterocycles. The molecule has 2 atom stereocenters. The summed E-state index contributed by atoms with van der Waals surface area (Å²) in [5, 5.41) is 0. The summed E-state index contributed by atoms with van der Waals surface area (Å²) in [5.74, 6) is -0.102. The van der Waals surface area contributed by atoms with E-state index in [0.29, 0.717) is 79.4 Å². The van der Waals surface area contributed by atoms with Gasteiger partial charge >= 0.3 is 18.0 Å². The van der Waals surface area contributed by atoms with Crippen LogP contribution in [0.3, 0.4) is 0 Å². The topological polar surface area (TPSA) is 104 Å². The lowest BCUT2D eigenvalue weighted by atomic mass is 9.86. The normalized spacial score (nSPS) is 20.5. The van der Waals surface area contributed by atoms with Crippen LogP contribution in [0.4, 0.5) is 18.0 Å². The summed E-state index contributed by atoms with van der Waals surface area (Å²) in [4.78, 5) is 36.5. The van der Waals surface area contributed by atoms with Gasteiger partial charge in [-0.05, 0) is 57.9 Å². The molecule has 3 aromatic rings. The Labute approximate surface area is 241 Å². The number of hydrogen-bond donors (Lipinski definition) is 1. The summed E-state index contributed by atoms with van der Waals surface area (Å²) in [7, 11) is 0. The number of rotatable bonds is 6. The van der Waals surface area contributed by atoms with E-state index in [0.717, 1.165) is 0 Å². The molecule has 42 heavy (non-hydrogen) atoms. The second kappa shape index (κ2) is 11.6. The molecule has 1 aromatic carbocycles. The van der Waals surface area contributed by atoms with Crippen molar-refractivity contribution in [2.45, 2.75) is 58.0 Å². The molecule has 0 aliphatic carbocycles. The Kier molecular flexibility index (Phi) is 8.26. The highest BCUT2D eigenvalue weighted by Gasteiger charge is 2.42. The van der Waals surface area contributed by atoms with Crippen LogP contribution in [0.25, 0.3) is 11.1 Å². The molecule has 228 valence electrons. The van der Waals surface area contributed by atoms with Gasteiger partial charge in [0.25, 0.3) is 0 Å². The van der Waals surface area contributed by atoms with E-state index in [-0.39, 0.29) is 6.09 Å². The lowest BCUT2D eigenvalue weighted by molar-refractivity contribution is -0.155. The third-order valence-electron chi connectivity index (χ3n) is 7.52. The molecular formula is C29H36F3N5O5. The minimum Gasteiger partial charge on any atom is -0.491 e. The number of carbonyl (C=O) groups is 1. The first-order valence-electron chi connectivity index (χ1n) is 14.0. The molecule has 2 aliphatic rings. The number of aromatic nitrogens is 2. The summed E-state index contributed by atoms with van der Waals surface area (Å²) in [6.07, 6.45) is -2.89. The maximum absolute atomic E-state index is 13.6. The summed E-state index contributed by atoms with van der Waals surface area (Å²) in [5.41, 5.74) is 2.11. The van der Waals surface area contributed by atoms with Gasteiger partial charge in [0, 0.05) is 44.3 Å². The van der Waals surface area contributed by atoms with E-state index in [1.54, 1.807) is 36.1 Å². The zero-order chi connectivity index (χ0) is 30.2. The van der Waals surface area contributed by atoms with Crippen LogP contribution in [0.5, 0.6) is 5.75 Å². The van der Waals surface area contributed by atoms with Crippen molar-refractivity contribution in [3.63, 3.8) is 0 Å². The van der Waals surface area contributed by atoms with E-state index in [4.69, 9.17) is 13.9 Å². The van der Waals surface area contributed by atoms with Crippen molar-refractivity contribution in [3.8, 4) is 5.75 Å². The summed E-state index contributed by atoms with van der Waals surface area (Å²) in [6.45, 7) is 9.72. The maximum atomic E-state index is 13.6. The Morgan fingerprint density at radius 2 is 1.86 bits per heavy atom. The second-order valence-corrected chi connectivity index (χ2v) is 11.8. The number of nitrogens with zero attached hydrogens (tertiary/aromatic N) is 4. The predicted molar refractivity (Wildman–Crippen MR) is 149 cm³/mol. The van der Waals surface area contributed by atoms with Gasteiger partial charge < -0.3 is 18.8 Å². The van der Waals surface area contributed by atoms with Crippen molar-refractivity contribution in [1.82, 2.24) is 24.7 Å². The largest absolute Gasteiger partial charge is 0.491 e. The standard InChI is InChI=1S/C29H36F3N5O5/c1-18-15-21-20(6-8-23-25(21)41-26(38)34-23)24(37(18)17-29(30,31)32)22-7-5-19(16-33-22)40-14-13-35-9-11-36(12-10-35)27(39)42-28(2,3)4/h5-8,16,18,24H,9-15,17H2,1-4H3,(H,34,38)/t18-,24+/m1/s1. The Morgan fingerprint density at radius 3 is 2.50 bits per heavy atom. The van der Waals surface area contributed by atoms with Crippen LogP contribution >= 0.6 is 0 Å². The summed E-state index contributed by atoms with van der Waals surface area (Å²) in [6, 6.07) is 5.51. The van der Waals surface area contributed by atoms with Crippen molar-refractivity contribution < 1.29 is 31.9 Å². The van der Waals surface area contributed by atoms with Crippen LogP contribution in [0.1, 0.15) is 50.6 Å². The number of halogens is 3. The van der Waals surface area contributed by atoms with E-state index in [1.807, 2.05) is 20.8 Å². The molecule has 1 fully saturated rings. The third-order valence-corrected chi connectivity index (χ3v) is 7.52. The molecule has 0 radical (unpaired) electrons. The molecule has 1 saturated heterocycles. The van der Waals surface area contributed by atoms with Crippen molar-refractivity contribution in [1.29, 1.82) is 0 Å². The lowest BCUT2D eigenvalue weighted by Gasteiger charge is -2.41. The molecule has 0 unspecified atom stereocenters. The SMILES string of the molecule is C[C@@H]1Cc2c(ccc3[nH]c(=O)oc23)[C@@H](c2ccc(OCCN3CCN(C(=O)OC(C)(C)C)CC3)cn2)N1CC(F)(F)F. The number of H-pyrrole nitrogens is 1. The Morgan fingerprint density at radius 1 is 1.12 bits per heavy atom. The lowest BCUT2D eigenvalue weighted by Crippen LogP contribution is -2.50. The number of fused-ring (bicyclic) bond motifs is 3. The number of aromatic amines is 1. The summed E-state index contributed by atoms with van der Waals surface area (Å²) < 4.78 is 57.6. The molecular weight excluding hydrogens is 555 g/mol. The number of alkyl halides is 3. The van der Waals surface area contributed by atoms with Crippen LogP contribution in [0.2, 0.25) is 0 Å². The first-order chi connectivity index (χ1) is 19.8. The fourth-order valence-electron chi connectivity index (χ4n) is 5.59. The minimum absolute atomic E-state index is 0.299. The number of piperazine rings is 1. The van der Waals surface area contributed by atoms with Crippen LogP contribution in [-0.2, 0) is 11.2 Å². The predicted octanol–water partition coefficient (Wildman–Crippen LogP) is 4.35. The average molecular weight is 592 g/mol. The zero-order valence-corrected chi connectivity index (χ0v) is 24.2. The van der Waals surface area contributed by atoms with Gasteiger partial charge in [-0.15, -0.1) is 0 Å².